The van der Waals surface area contributed by atoms with Crippen molar-refractivity contribution in [3.05, 3.63) is 41.9 Å². The molecule has 1 aromatic heterocycles. The van der Waals surface area contributed by atoms with Gasteiger partial charge in [0, 0.05) is 0 Å². The second kappa shape index (κ2) is 4.45. The standard InChI is InChI=1S/C11H12O2/c1-9(2)8-10(12)5-6-11-4-3-7-13-11/h3-8H,1-2H3/b6-5+. The van der Waals surface area contributed by atoms with Crippen LogP contribution in [0, 0.1) is 0 Å². The Balaban J connectivity index is 2.59. The topological polar surface area (TPSA) is 30.2 Å². The van der Waals surface area contributed by atoms with Gasteiger partial charge in [0.15, 0.2) is 5.78 Å². The lowest BCUT2D eigenvalue weighted by atomic mass is 10.2. The molecular weight excluding hydrogens is 164 g/mol. The van der Waals surface area contributed by atoms with Crippen LogP contribution in [0.1, 0.15) is 19.6 Å². The van der Waals surface area contributed by atoms with Gasteiger partial charge in [0.05, 0.1) is 6.26 Å². The second-order valence-electron chi connectivity index (χ2n) is 2.97. The van der Waals surface area contributed by atoms with Crippen molar-refractivity contribution in [2.24, 2.45) is 0 Å². The zero-order chi connectivity index (χ0) is 9.68. The zero-order valence-corrected chi connectivity index (χ0v) is 7.78. The number of rotatable bonds is 3. The highest BCUT2D eigenvalue weighted by Crippen LogP contribution is 2.02. The molecule has 1 rings (SSSR count). The van der Waals surface area contributed by atoms with E-state index in [1.165, 1.54) is 6.08 Å². The third-order valence-corrected chi connectivity index (χ3v) is 1.39. The molecule has 0 aromatic carbocycles. The molecule has 0 saturated carbocycles. The molecule has 68 valence electrons. The van der Waals surface area contributed by atoms with Crippen LogP contribution in [-0.2, 0) is 4.79 Å². The first-order chi connectivity index (χ1) is 6.18. The van der Waals surface area contributed by atoms with Gasteiger partial charge in [-0.05, 0) is 44.2 Å². The summed E-state index contributed by atoms with van der Waals surface area (Å²) in [6.07, 6.45) is 6.30. The highest BCUT2D eigenvalue weighted by Gasteiger charge is 1.91. The van der Waals surface area contributed by atoms with Crippen LogP contribution in [0.15, 0.2) is 40.5 Å². The highest BCUT2D eigenvalue weighted by atomic mass is 16.3. The van der Waals surface area contributed by atoms with Crippen molar-refractivity contribution in [1.82, 2.24) is 0 Å². The largest absolute Gasteiger partial charge is 0.465 e. The Morgan fingerprint density at radius 2 is 2.23 bits per heavy atom. The maximum atomic E-state index is 11.1. The molecule has 1 heterocycles. The lowest BCUT2D eigenvalue weighted by molar-refractivity contribution is -0.110. The number of hydrogen-bond donors (Lipinski definition) is 0. The van der Waals surface area contributed by atoms with Crippen molar-refractivity contribution in [3.63, 3.8) is 0 Å². The summed E-state index contributed by atoms with van der Waals surface area (Å²) in [6.45, 7) is 3.78. The summed E-state index contributed by atoms with van der Waals surface area (Å²) in [7, 11) is 0. The summed E-state index contributed by atoms with van der Waals surface area (Å²) in [5.74, 6) is 0.673. The molecular formula is C11H12O2. The minimum atomic E-state index is -0.0172. The van der Waals surface area contributed by atoms with Crippen LogP contribution in [0.3, 0.4) is 0 Å². The predicted octanol–water partition coefficient (Wildman–Crippen LogP) is 2.83. The van der Waals surface area contributed by atoms with Crippen LogP contribution in [0.5, 0.6) is 0 Å². The van der Waals surface area contributed by atoms with Gasteiger partial charge in [-0.15, -0.1) is 0 Å². The molecule has 2 nitrogen and oxygen atoms in total. The average Bonchev–Trinajstić information content (AvgIpc) is 2.51. The summed E-state index contributed by atoms with van der Waals surface area (Å²) in [5.41, 5.74) is 0.995. The number of furan rings is 1. The summed E-state index contributed by atoms with van der Waals surface area (Å²) < 4.78 is 5.03. The lowest BCUT2D eigenvalue weighted by Crippen LogP contribution is -1.85. The molecule has 0 bridgehead atoms. The van der Waals surface area contributed by atoms with E-state index in [9.17, 15) is 4.79 Å². The Hall–Kier alpha value is -1.57. The van der Waals surface area contributed by atoms with E-state index in [0.717, 1.165) is 5.57 Å². The summed E-state index contributed by atoms with van der Waals surface area (Å²) in [4.78, 5) is 11.1. The van der Waals surface area contributed by atoms with Gasteiger partial charge in [-0.3, -0.25) is 4.79 Å². The van der Waals surface area contributed by atoms with Crippen molar-refractivity contribution in [1.29, 1.82) is 0 Å². The third kappa shape index (κ3) is 3.56. The minimum absolute atomic E-state index is 0.0172. The highest BCUT2D eigenvalue weighted by molar-refractivity contribution is 6.02. The van der Waals surface area contributed by atoms with E-state index >= 15 is 0 Å². The summed E-state index contributed by atoms with van der Waals surface area (Å²) in [5, 5.41) is 0. The maximum absolute atomic E-state index is 11.1. The van der Waals surface area contributed by atoms with Gasteiger partial charge < -0.3 is 4.42 Å². The van der Waals surface area contributed by atoms with Gasteiger partial charge in [-0.1, -0.05) is 5.57 Å². The average molecular weight is 176 g/mol. The molecule has 13 heavy (non-hydrogen) atoms. The molecule has 2 heteroatoms. The third-order valence-electron chi connectivity index (χ3n) is 1.39. The van der Waals surface area contributed by atoms with E-state index in [1.54, 1.807) is 30.5 Å². The van der Waals surface area contributed by atoms with Gasteiger partial charge in [0.1, 0.15) is 5.76 Å². The van der Waals surface area contributed by atoms with Crippen LogP contribution in [0.4, 0.5) is 0 Å². The number of carbonyl (C=O) groups is 1. The second-order valence-corrected chi connectivity index (χ2v) is 2.97. The van der Waals surface area contributed by atoms with Gasteiger partial charge in [-0.25, -0.2) is 0 Å². The fourth-order valence-electron chi connectivity index (χ4n) is 0.883. The van der Waals surface area contributed by atoms with E-state index in [1.807, 2.05) is 13.8 Å². The Labute approximate surface area is 77.6 Å². The van der Waals surface area contributed by atoms with Crippen molar-refractivity contribution in [3.8, 4) is 0 Å². The van der Waals surface area contributed by atoms with E-state index in [4.69, 9.17) is 4.42 Å². The number of allylic oxidation sites excluding steroid dienone is 3. The predicted molar refractivity (Wildman–Crippen MR) is 52.2 cm³/mol. The van der Waals surface area contributed by atoms with Crippen molar-refractivity contribution in [2.45, 2.75) is 13.8 Å². The van der Waals surface area contributed by atoms with Crippen LogP contribution in [0.2, 0.25) is 0 Å². The summed E-state index contributed by atoms with van der Waals surface area (Å²) in [6, 6.07) is 3.58. The van der Waals surface area contributed by atoms with Gasteiger partial charge in [0.2, 0.25) is 0 Å². The molecule has 0 radical (unpaired) electrons. The quantitative estimate of drug-likeness (QED) is 0.663. The molecule has 0 N–H and O–H groups in total. The van der Waals surface area contributed by atoms with E-state index < -0.39 is 0 Å². The first-order valence-corrected chi connectivity index (χ1v) is 4.09. The Morgan fingerprint density at radius 3 is 2.77 bits per heavy atom. The fourth-order valence-corrected chi connectivity index (χ4v) is 0.883. The van der Waals surface area contributed by atoms with Gasteiger partial charge in [-0.2, -0.15) is 0 Å². The van der Waals surface area contributed by atoms with Crippen LogP contribution in [-0.4, -0.2) is 5.78 Å². The molecule has 0 atom stereocenters. The Morgan fingerprint density at radius 1 is 1.46 bits per heavy atom. The molecule has 0 aliphatic carbocycles. The first-order valence-electron chi connectivity index (χ1n) is 4.09. The lowest BCUT2D eigenvalue weighted by Gasteiger charge is -1.86. The molecule has 0 spiro atoms. The van der Waals surface area contributed by atoms with Crippen molar-refractivity contribution >= 4 is 11.9 Å². The maximum Gasteiger partial charge on any atom is 0.178 e. The van der Waals surface area contributed by atoms with Crippen molar-refractivity contribution < 1.29 is 9.21 Å². The van der Waals surface area contributed by atoms with Crippen LogP contribution < -0.4 is 0 Å². The molecule has 0 saturated heterocycles. The monoisotopic (exact) mass is 176 g/mol. The normalized spacial score (nSPS) is 10.3. The molecule has 0 fully saturated rings. The number of carbonyl (C=O) groups excluding carboxylic acids is 1. The SMILES string of the molecule is CC(C)=CC(=O)/C=C/c1ccco1. The first kappa shape index (κ1) is 9.52. The van der Waals surface area contributed by atoms with Gasteiger partial charge in [0.25, 0.3) is 0 Å². The molecule has 0 aliphatic heterocycles. The molecule has 0 aliphatic rings. The van der Waals surface area contributed by atoms with E-state index in [2.05, 4.69) is 0 Å². The van der Waals surface area contributed by atoms with E-state index in [0.29, 0.717) is 5.76 Å². The molecule has 0 amide bonds. The van der Waals surface area contributed by atoms with Crippen molar-refractivity contribution in [2.75, 3.05) is 0 Å². The van der Waals surface area contributed by atoms with E-state index in [-0.39, 0.29) is 5.78 Å². The Bertz CT molecular complexity index is 325. The fraction of sp³-hybridized carbons (Fsp3) is 0.182. The molecule has 0 unspecified atom stereocenters. The number of hydrogen-bond acceptors (Lipinski definition) is 2. The number of ketones is 1. The zero-order valence-electron chi connectivity index (χ0n) is 7.78. The summed E-state index contributed by atoms with van der Waals surface area (Å²) >= 11 is 0. The van der Waals surface area contributed by atoms with Gasteiger partial charge >= 0.3 is 0 Å². The smallest absolute Gasteiger partial charge is 0.178 e. The Kier molecular flexibility index (Phi) is 3.26. The minimum Gasteiger partial charge on any atom is -0.465 e. The van der Waals surface area contributed by atoms with Crippen LogP contribution in [0.25, 0.3) is 6.08 Å². The molecule has 1 aromatic rings. The van der Waals surface area contributed by atoms with Crippen LogP contribution >= 0.6 is 0 Å².